The summed E-state index contributed by atoms with van der Waals surface area (Å²) < 4.78 is 0. The number of benzene rings is 1. The van der Waals surface area contributed by atoms with E-state index in [1.165, 1.54) is 11.2 Å². The fourth-order valence-corrected chi connectivity index (χ4v) is 1.37. The molecule has 14 heavy (non-hydrogen) atoms. The number of fused-ring (bicyclic) bond motifs is 1. The van der Waals surface area contributed by atoms with E-state index >= 15 is 0 Å². The zero-order chi connectivity index (χ0) is 10.1. The van der Waals surface area contributed by atoms with Crippen molar-refractivity contribution in [3.05, 3.63) is 41.8 Å². The molecule has 72 valence electrons. The summed E-state index contributed by atoms with van der Waals surface area (Å²) in [6, 6.07) is 7.06. The second-order valence-corrected chi connectivity index (χ2v) is 2.89. The summed E-state index contributed by atoms with van der Waals surface area (Å²) in [6.07, 6.45) is 1.26. The molecule has 0 aliphatic carbocycles. The molecule has 0 bridgehead atoms. The summed E-state index contributed by atoms with van der Waals surface area (Å²) in [6.45, 7) is 0. The Morgan fingerprint density at radius 1 is 1.36 bits per heavy atom. The Kier molecular flexibility index (Phi) is 1.86. The van der Waals surface area contributed by atoms with Crippen LogP contribution in [0.3, 0.4) is 0 Å². The van der Waals surface area contributed by atoms with Gasteiger partial charge in [0.1, 0.15) is 5.82 Å². The number of amides is 1. The lowest BCUT2D eigenvalue weighted by Gasteiger charge is -2.28. The summed E-state index contributed by atoms with van der Waals surface area (Å²) in [5, 5.41) is 3.91. The van der Waals surface area contributed by atoms with Crippen LogP contribution in [0.1, 0.15) is 10.4 Å². The summed E-state index contributed by atoms with van der Waals surface area (Å²) in [5.41, 5.74) is 6.50. The molecule has 1 aromatic carbocycles. The normalized spacial score (nSPS) is 17.9. The minimum absolute atomic E-state index is 0.195. The molecule has 5 N–H and O–H groups in total. The highest BCUT2D eigenvalue weighted by Gasteiger charge is 2.23. The zero-order valence-electron chi connectivity index (χ0n) is 7.40. The van der Waals surface area contributed by atoms with E-state index in [0.29, 0.717) is 17.1 Å². The van der Waals surface area contributed by atoms with Crippen molar-refractivity contribution >= 4 is 11.6 Å². The van der Waals surface area contributed by atoms with E-state index in [-0.39, 0.29) is 5.91 Å². The van der Waals surface area contributed by atoms with Crippen LogP contribution in [0, 0.1) is 0 Å². The van der Waals surface area contributed by atoms with Gasteiger partial charge in [0.25, 0.3) is 5.91 Å². The summed E-state index contributed by atoms with van der Waals surface area (Å²) in [7, 11) is 0. The van der Waals surface area contributed by atoms with Crippen LogP contribution in [0.15, 0.2) is 36.3 Å². The van der Waals surface area contributed by atoms with Crippen molar-refractivity contribution in [2.45, 2.75) is 0 Å². The maximum atomic E-state index is 11.5. The number of hydrogen-bond acceptors (Lipinski definition) is 4. The molecule has 2 rings (SSSR count). The smallest absolute Gasteiger partial charge is 0.259 e. The van der Waals surface area contributed by atoms with Gasteiger partial charge in [0.2, 0.25) is 0 Å². The lowest BCUT2D eigenvalue weighted by molar-refractivity contribution is 0.0960. The molecule has 1 aliphatic rings. The van der Waals surface area contributed by atoms with Gasteiger partial charge in [-0.25, -0.2) is 5.84 Å². The highest BCUT2D eigenvalue weighted by Crippen LogP contribution is 2.23. The largest absolute Gasteiger partial charge is 0.402 e. The van der Waals surface area contributed by atoms with Gasteiger partial charge in [0, 0.05) is 6.20 Å². The number of rotatable bonds is 0. The van der Waals surface area contributed by atoms with Crippen LogP contribution in [0.2, 0.25) is 0 Å². The molecule has 0 unspecified atom stereocenters. The van der Waals surface area contributed by atoms with Gasteiger partial charge in [0.15, 0.2) is 0 Å². The summed E-state index contributed by atoms with van der Waals surface area (Å²) in [5.74, 6) is 5.92. The van der Waals surface area contributed by atoms with Crippen LogP contribution >= 0.6 is 0 Å². The van der Waals surface area contributed by atoms with Crippen LogP contribution in [0.5, 0.6) is 0 Å². The first-order valence-corrected chi connectivity index (χ1v) is 4.11. The number of hydrazine groups is 1. The van der Waals surface area contributed by atoms with Crippen molar-refractivity contribution < 1.29 is 4.79 Å². The summed E-state index contributed by atoms with van der Waals surface area (Å²) in [4.78, 5) is 11.5. The molecule has 5 heteroatoms. The lowest BCUT2D eigenvalue weighted by atomic mass is 10.1. The third-order valence-corrected chi connectivity index (χ3v) is 2.07. The van der Waals surface area contributed by atoms with Crippen molar-refractivity contribution in [3.63, 3.8) is 0 Å². The van der Waals surface area contributed by atoms with E-state index in [1.807, 2.05) is 6.07 Å². The van der Waals surface area contributed by atoms with Crippen LogP contribution in [0.25, 0.3) is 0 Å². The van der Waals surface area contributed by atoms with Crippen LogP contribution in [-0.2, 0) is 0 Å². The maximum Gasteiger partial charge on any atom is 0.259 e. The van der Waals surface area contributed by atoms with Crippen molar-refractivity contribution in [1.29, 1.82) is 0 Å². The molecule has 0 spiro atoms. The Morgan fingerprint density at radius 2 is 2.07 bits per heavy atom. The minimum Gasteiger partial charge on any atom is -0.402 e. The average molecular weight is 190 g/mol. The number of carbonyl (C=O) groups is 1. The fraction of sp³-hybridized carbons (Fsp3) is 0. The average Bonchev–Trinajstić information content (AvgIpc) is 2.23. The van der Waals surface area contributed by atoms with Gasteiger partial charge in [-0.05, 0) is 12.1 Å². The fourth-order valence-electron chi connectivity index (χ4n) is 1.37. The molecule has 5 nitrogen and oxygen atoms in total. The number of para-hydroxylation sites is 1. The summed E-state index contributed by atoms with van der Waals surface area (Å²) >= 11 is 0. The monoisotopic (exact) mass is 190 g/mol. The molecule has 0 fully saturated rings. The predicted molar refractivity (Wildman–Crippen MR) is 52.8 cm³/mol. The third-order valence-electron chi connectivity index (χ3n) is 2.07. The molecule has 1 heterocycles. The van der Waals surface area contributed by atoms with E-state index in [1.54, 1.807) is 18.2 Å². The van der Waals surface area contributed by atoms with Gasteiger partial charge < -0.3 is 11.1 Å². The molecule has 1 aliphatic heterocycles. The zero-order valence-corrected chi connectivity index (χ0v) is 7.40. The Labute approximate surface area is 81.0 Å². The van der Waals surface area contributed by atoms with E-state index in [9.17, 15) is 4.79 Å². The van der Waals surface area contributed by atoms with Gasteiger partial charge in [-0.1, -0.05) is 12.1 Å². The highest BCUT2D eigenvalue weighted by molar-refractivity contribution is 6.03. The number of carbonyl (C=O) groups excluding carboxylic acids is 1. The Bertz CT molecular complexity index is 413. The van der Waals surface area contributed by atoms with Gasteiger partial charge in [-0.3, -0.25) is 9.80 Å². The molecular formula is C9H10N4O. The van der Waals surface area contributed by atoms with Gasteiger partial charge >= 0.3 is 0 Å². The van der Waals surface area contributed by atoms with E-state index < -0.39 is 0 Å². The van der Waals surface area contributed by atoms with Crippen molar-refractivity contribution in [1.82, 2.24) is 5.32 Å². The molecule has 0 aromatic heterocycles. The highest BCUT2D eigenvalue weighted by atomic mass is 16.2. The van der Waals surface area contributed by atoms with Gasteiger partial charge in [0.05, 0.1) is 11.3 Å². The Hall–Kier alpha value is -2.01. The van der Waals surface area contributed by atoms with Crippen molar-refractivity contribution in [2.75, 3.05) is 5.01 Å². The number of nitrogens with zero attached hydrogens (tertiary/aromatic N) is 1. The molecule has 0 saturated heterocycles. The molecular weight excluding hydrogens is 180 g/mol. The van der Waals surface area contributed by atoms with Crippen molar-refractivity contribution in [2.24, 2.45) is 11.6 Å². The quantitative estimate of drug-likeness (QED) is 0.497. The second-order valence-electron chi connectivity index (χ2n) is 2.89. The number of nitrogens with two attached hydrogens (primary N) is 2. The van der Waals surface area contributed by atoms with Gasteiger partial charge in [-0.2, -0.15) is 0 Å². The number of hydrogen-bond donors (Lipinski definition) is 3. The Morgan fingerprint density at radius 3 is 2.79 bits per heavy atom. The van der Waals surface area contributed by atoms with E-state index in [0.717, 1.165) is 0 Å². The predicted octanol–water partition coefficient (Wildman–Crippen LogP) is -0.132. The molecule has 0 radical (unpaired) electrons. The second kappa shape index (κ2) is 3.04. The third kappa shape index (κ3) is 1.11. The molecule has 1 amide bonds. The first kappa shape index (κ1) is 8.58. The van der Waals surface area contributed by atoms with E-state index in [4.69, 9.17) is 11.6 Å². The van der Waals surface area contributed by atoms with Crippen LogP contribution < -0.4 is 21.9 Å². The number of anilines is 1. The standard InChI is InChI=1S/C9H10N4O/c10-5-8-12-9(14)6-3-1-2-4-7(6)13(8)11/h1-5H,10-11H2,(H,12,14)/b8-5-. The maximum absolute atomic E-state index is 11.5. The Balaban J connectivity index is 2.57. The van der Waals surface area contributed by atoms with Crippen molar-refractivity contribution in [3.8, 4) is 0 Å². The molecule has 0 saturated carbocycles. The first-order chi connectivity index (χ1) is 6.74. The number of nitrogens with one attached hydrogen (secondary N) is 1. The topological polar surface area (TPSA) is 84.4 Å². The van der Waals surface area contributed by atoms with E-state index in [2.05, 4.69) is 5.32 Å². The van der Waals surface area contributed by atoms with Gasteiger partial charge in [-0.15, -0.1) is 0 Å². The first-order valence-electron chi connectivity index (χ1n) is 4.11. The van der Waals surface area contributed by atoms with Crippen LogP contribution in [-0.4, -0.2) is 5.91 Å². The van der Waals surface area contributed by atoms with Crippen LogP contribution in [0.4, 0.5) is 5.69 Å². The lowest BCUT2D eigenvalue weighted by Crippen LogP contribution is -2.45. The molecule has 0 atom stereocenters. The minimum atomic E-state index is -0.195. The SMILES string of the molecule is N/C=C1/NC(=O)c2ccccc2N1N. The molecule has 1 aromatic rings.